The number of primary amides is 1. The van der Waals surface area contributed by atoms with E-state index in [-0.39, 0.29) is 11.5 Å². The molecule has 21 heavy (non-hydrogen) atoms. The van der Waals surface area contributed by atoms with Gasteiger partial charge in [0.2, 0.25) is 5.91 Å². The van der Waals surface area contributed by atoms with Crippen molar-refractivity contribution in [3.63, 3.8) is 0 Å². The van der Waals surface area contributed by atoms with E-state index < -0.39 is 16.7 Å². The minimum absolute atomic E-state index is 0.160. The zero-order chi connectivity index (χ0) is 15.4. The van der Waals surface area contributed by atoms with E-state index in [1.54, 1.807) is 24.3 Å². The van der Waals surface area contributed by atoms with Gasteiger partial charge in [0.25, 0.3) is 0 Å². The molecule has 0 bridgehead atoms. The van der Waals surface area contributed by atoms with E-state index in [1.165, 1.54) is 0 Å². The van der Waals surface area contributed by atoms with Crippen LogP contribution in [0.3, 0.4) is 0 Å². The monoisotopic (exact) mass is 341 g/mol. The molecule has 0 aliphatic carbocycles. The molecule has 2 N–H and O–H groups in total. The first kappa shape index (κ1) is 16.0. The van der Waals surface area contributed by atoms with Gasteiger partial charge in [0.05, 0.1) is 0 Å². The highest BCUT2D eigenvalue weighted by Gasteiger charge is 2.11. The Bertz CT molecular complexity index is 687. The summed E-state index contributed by atoms with van der Waals surface area (Å²) < 4.78 is 11.9. The van der Waals surface area contributed by atoms with E-state index in [1.807, 2.05) is 18.2 Å². The van der Waals surface area contributed by atoms with Gasteiger partial charge in [-0.3, -0.25) is 9.00 Å². The number of nitrogens with two attached hydrogens (primary N) is 1. The van der Waals surface area contributed by atoms with Gasteiger partial charge < -0.3 is 5.73 Å². The van der Waals surface area contributed by atoms with Crippen LogP contribution in [-0.2, 0) is 21.3 Å². The fraction of sp³-hybridized carbons (Fsp3) is 0.133. The summed E-state index contributed by atoms with van der Waals surface area (Å²) in [7, 11) is -1.36. The molecule has 1 unspecified atom stereocenters. The topological polar surface area (TPSA) is 60.2 Å². The summed E-state index contributed by atoms with van der Waals surface area (Å²) in [5.41, 5.74) is 7.74. The van der Waals surface area contributed by atoms with Crippen molar-refractivity contribution in [3.8, 4) is 11.1 Å². The van der Waals surface area contributed by atoms with Crippen LogP contribution >= 0.6 is 23.2 Å². The van der Waals surface area contributed by atoms with E-state index in [0.29, 0.717) is 10.0 Å². The highest BCUT2D eigenvalue weighted by Crippen LogP contribution is 2.28. The summed E-state index contributed by atoms with van der Waals surface area (Å²) in [6.45, 7) is 0. The molecule has 0 aliphatic heterocycles. The molecular formula is C15H13Cl2NO2S. The lowest BCUT2D eigenvalue weighted by molar-refractivity contribution is -0.115. The molecule has 1 amide bonds. The molecule has 0 aliphatic rings. The predicted octanol–water partition coefficient (Wildman–Crippen LogP) is 3.39. The van der Waals surface area contributed by atoms with Gasteiger partial charge in [-0.05, 0) is 41.0 Å². The SMILES string of the molecule is NC(=O)CS(=O)Cc1cc(Cl)ccc1-c1ccc(Cl)cc1. The number of hydrogen-bond donors (Lipinski definition) is 1. The third-order valence-electron chi connectivity index (χ3n) is 2.84. The molecule has 2 aromatic carbocycles. The van der Waals surface area contributed by atoms with Crippen molar-refractivity contribution in [1.82, 2.24) is 0 Å². The van der Waals surface area contributed by atoms with Crippen LogP contribution in [0.5, 0.6) is 0 Å². The Balaban J connectivity index is 2.35. The van der Waals surface area contributed by atoms with Crippen LogP contribution in [0, 0.1) is 0 Å². The lowest BCUT2D eigenvalue weighted by Crippen LogP contribution is -2.20. The molecule has 110 valence electrons. The summed E-state index contributed by atoms with van der Waals surface area (Å²) in [6.07, 6.45) is 0. The van der Waals surface area contributed by atoms with Crippen LogP contribution in [-0.4, -0.2) is 15.9 Å². The molecule has 0 saturated heterocycles. The van der Waals surface area contributed by atoms with Crippen molar-refractivity contribution >= 4 is 39.9 Å². The van der Waals surface area contributed by atoms with Crippen molar-refractivity contribution in [3.05, 3.63) is 58.1 Å². The van der Waals surface area contributed by atoms with Gasteiger partial charge >= 0.3 is 0 Å². The van der Waals surface area contributed by atoms with Gasteiger partial charge in [-0.2, -0.15) is 0 Å². The van der Waals surface area contributed by atoms with Crippen LogP contribution in [0.4, 0.5) is 0 Å². The second kappa shape index (κ2) is 7.07. The number of hydrogen-bond acceptors (Lipinski definition) is 2. The first-order valence-electron chi connectivity index (χ1n) is 6.13. The van der Waals surface area contributed by atoms with Gasteiger partial charge in [0.15, 0.2) is 0 Å². The molecule has 2 aromatic rings. The molecule has 3 nitrogen and oxygen atoms in total. The van der Waals surface area contributed by atoms with Crippen molar-refractivity contribution in [1.29, 1.82) is 0 Å². The normalized spacial score (nSPS) is 12.1. The number of benzene rings is 2. The van der Waals surface area contributed by atoms with Gasteiger partial charge in [0, 0.05) is 26.6 Å². The van der Waals surface area contributed by atoms with Gasteiger partial charge in [-0.15, -0.1) is 0 Å². The Labute approximate surface area is 135 Å². The first-order chi connectivity index (χ1) is 9.95. The van der Waals surface area contributed by atoms with Crippen LogP contribution in [0.1, 0.15) is 5.56 Å². The van der Waals surface area contributed by atoms with Crippen molar-refractivity contribution < 1.29 is 9.00 Å². The molecule has 6 heteroatoms. The third kappa shape index (κ3) is 4.56. The molecule has 0 heterocycles. The molecule has 0 fully saturated rings. The highest BCUT2D eigenvalue weighted by atomic mass is 35.5. The van der Waals surface area contributed by atoms with E-state index in [9.17, 15) is 9.00 Å². The maximum atomic E-state index is 11.9. The number of carbonyl (C=O) groups is 1. The number of halogens is 2. The lowest BCUT2D eigenvalue weighted by atomic mass is 10.0. The number of carbonyl (C=O) groups excluding carboxylic acids is 1. The highest BCUT2D eigenvalue weighted by molar-refractivity contribution is 7.84. The minimum Gasteiger partial charge on any atom is -0.369 e. The molecule has 0 aromatic heterocycles. The largest absolute Gasteiger partial charge is 0.369 e. The molecule has 0 spiro atoms. The Hall–Kier alpha value is -1.36. The third-order valence-corrected chi connectivity index (χ3v) is 4.57. The van der Waals surface area contributed by atoms with Gasteiger partial charge in [-0.25, -0.2) is 0 Å². The van der Waals surface area contributed by atoms with Crippen LogP contribution < -0.4 is 5.73 Å². The Morgan fingerprint density at radius 3 is 2.29 bits per heavy atom. The van der Waals surface area contributed by atoms with E-state index in [0.717, 1.165) is 16.7 Å². The van der Waals surface area contributed by atoms with E-state index in [2.05, 4.69) is 0 Å². The zero-order valence-electron chi connectivity index (χ0n) is 11.0. The fourth-order valence-electron chi connectivity index (χ4n) is 1.98. The summed E-state index contributed by atoms with van der Waals surface area (Å²) in [5.74, 6) is -0.517. The molecule has 0 saturated carbocycles. The average Bonchev–Trinajstić information content (AvgIpc) is 2.39. The van der Waals surface area contributed by atoms with Crippen molar-refractivity contribution in [2.75, 3.05) is 5.75 Å². The second-order valence-electron chi connectivity index (χ2n) is 4.50. The Morgan fingerprint density at radius 1 is 1.05 bits per heavy atom. The Morgan fingerprint density at radius 2 is 1.67 bits per heavy atom. The summed E-state index contributed by atoms with van der Waals surface area (Å²) in [6, 6.07) is 12.7. The minimum atomic E-state index is -1.36. The quantitative estimate of drug-likeness (QED) is 0.905. The van der Waals surface area contributed by atoms with Crippen LogP contribution in [0.2, 0.25) is 10.0 Å². The summed E-state index contributed by atoms with van der Waals surface area (Å²) in [5, 5.41) is 1.20. The standard InChI is InChI=1S/C15H13Cl2NO2S/c16-12-3-1-10(2-4-12)14-6-5-13(17)7-11(14)8-21(20)9-15(18)19/h1-7H,8-9H2,(H2,18,19). The number of rotatable bonds is 5. The van der Waals surface area contributed by atoms with Crippen LogP contribution in [0.15, 0.2) is 42.5 Å². The summed E-state index contributed by atoms with van der Waals surface area (Å²) >= 11 is 11.9. The maximum Gasteiger partial charge on any atom is 0.230 e. The average molecular weight is 342 g/mol. The molecule has 0 radical (unpaired) electrons. The van der Waals surface area contributed by atoms with Crippen molar-refractivity contribution in [2.45, 2.75) is 5.75 Å². The van der Waals surface area contributed by atoms with E-state index >= 15 is 0 Å². The fourth-order valence-corrected chi connectivity index (χ4v) is 3.30. The van der Waals surface area contributed by atoms with Gasteiger partial charge in [0.1, 0.15) is 5.75 Å². The zero-order valence-corrected chi connectivity index (χ0v) is 13.3. The molecule has 1 atom stereocenters. The Kier molecular flexibility index (Phi) is 5.39. The van der Waals surface area contributed by atoms with Crippen LogP contribution in [0.25, 0.3) is 11.1 Å². The molecular weight excluding hydrogens is 329 g/mol. The summed E-state index contributed by atoms with van der Waals surface area (Å²) in [4.78, 5) is 10.8. The maximum absolute atomic E-state index is 11.9. The smallest absolute Gasteiger partial charge is 0.230 e. The lowest BCUT2D eigenvalue weighted by Gasteiger charge is -2.10. The molecule has 2 rings (SSSR count). The second-order valence-corrected chi connectivity index (χ2v) is 6.83. The van der Waals surface area contributed by atoms with Gasteiger partial charge in [-0.1, -0.05) is 41.4 Å². The number of amides is 1. The van der Waals surface area contributed by atoms with Crippen molar-refractivity contribution in [2.24, 2.45) is 5.73 Å². The first-order valence-corrected chi connectivity index (χ1v) is 8.38. The van der Waals surface area contributed by atoms with E-state index in [4.69, 9.17) is 28.9 Å². The predicted molar refractivity (Wildman–Crippen MR) is 87.8 cm³/mol.